The number of benzene rings is 2. The van der Waals surface area contributed by atoms with Gasteiger partial charge in [0.05, 0.1) is 0 Å². The zero-order valence-corrected chi connectivity index (χ0v) is 18.3. The quantitative estimate of drug-likeness (QED) is 0.482. The van der Waals surface area contributed by atoms with Crippen molar-refractivity contribution in [1.29, 1.82) is 0 Å². The minimum absolute atomic E-state index is 0. The largest absolute Gasteiger partial charge is 0.573 e. The Morgan fingerprint density at radius 3 is 2.32 bits per heavy atom. The minimum atomic E-state index is -4.90. The van der Waals surface area contributed by atoms with Crippen LogP contribution in [0.3, 0.4) is 0 Å². The van der Waals surface area contributed by atoms with E-state index >= 15 is 0 Å². The summed E-state index contributed by atoms with van der Waals surface area (Å²) >= 11 is 0. The summed E-state index contributed by atoms with van der Waals surface area (Å²) < 4.78 is 69.6. The average molecular weight is 487 g/mol. The van der Waals surface area contributed by atoms with Crippen LogP contribution in [0.15, 0.2) is 48.5 Å². The maximum absolute atomic E-state index is 13.7. The molecule has 174 valence electrons. The number of hydrogen-bond donors (Lipinski definition) is 2. The SMILES string of the molecule is CC(F)(F)c1ccc(OC(F)(F)F)c(CN[C@H]2CCCN[C@H]2c2ccccc2)c1.Cl.Cl. The monoisotopic (exact) mass is 486 g/mol. The van der Waals surface area contributed by atoms with E-state index in [1.54, 1.807) is 0 Å². The third kappa shape index (κ3) is 7.79. The van der Waals surface area contributed by atoms with Crippen molar-refractivity contribution >= 4 is 24.8 Å². The topological polar surface area (TPSA) is 33.3 Å². The van der Waals surface area contributed by atoms with Crippen LogP contribution in [0.25, 0.3) is 0 Å². The van der Waals surface area contributed by atoms with E-state index in [1.165, 1.54) is 0 Å². The van der Waals surface area contributed by atoms with Gasteiger partial charge in [-0.2, -0.15) is 0 Å². The van der Waals surface area contributed by atoms with Crippen LogP contribution in [0.2, 0.25) is 0 Å². The van der Waals surface area contributed by atoms with Crippen LogP contribution in [0, 0.1) is 0 Å². The standard InChI is InChI=1S/C21H23F5N2O.2ClH/c1-20(22,23)16-9-10-18(29-21(24,25)26)15(12-16)13-28-17-8-5-11-27-19(17)14-6-3-2-4-7-14;;/h2-4,6-7,9-10,12,17,19,27-28H,5,8,11,13H2,1H3;2*1H/t17-,19-;;/m0../s1. The fourth-order valence-corrected chi connectivity index (χ4v) is 3.57. The Labute approximate surface area is 190 Å². The maximum atomic E-state index is 13.7. The minimum Gasteiger partial charge on any atom is -0.405 e. The molecular weight excluding hydrogens is 462 g/mol. The summed E-state index contributed by atoms with van der Waals surface area (Å²) in [5.41, 5.74) is 0.745. The van der Waals surface area contributed by atoms with E-state index in [1.807, 2.05) is 30.3 Å². The lowest BCUT2D eigenvalue weighted by molar-refractivity contribution is -0.274. The van der Waals surface area contributed by atoms with Crippen molar-refractivity contribution in [3.8, 4) is 5.75 Å². The highest BCUT2D eigenvalue weighted by Gasteiger charge is 2.33. The van der Waals surface area contributed by atoms with Gasteiger partial charge in [0.2, 0.25) is 0 Å². The fraction of sp³-hybridized carbons (Fsp3) is 0.429. The molecule has 0 bridgehead atoms. The van der Waals surface area contributed by atoms with Crippen LogP contribution >= 0.6 is 24.8 Å². The summed E-state index contributed by atoms with van der Waals surface area (Å²) in [6.07, 6.45) is -3.18. The first-order valence-corrected chi connectivity index (χ1v) is 9.42. The second-order valence-electron chi connectivity index (χ2n) is 7.23. The summed E-state index contributed by atoms with van der Waals surface area (Å²) in [4.78, 5) is 0. The predicted molar refractivity (Wildman–Crippen MR) is 114 cm³/mol. The lowest BCUT2D eigenvalue weighted by Crippen LogP contribution is -2.45. The van der Waals surface area contributed by atoms with E-state index < -0.39 is 18.0 Å². The molecule has 0 radical (unpaired) electrons. The van der Waals surface area contributed by atoms with Gasteiger partial charge in [0.1, 0.15) is 5.75 Å². The van der Waals surface area contributed by atoms with Crippen LogP contribution in [0.4, 0.5) is 22.0 Å². The lowest BCUT2D eigenvalue weighted by Gasteiger charge is -2.34. The second-order valence-corrected chi connectivity index (χ2v) is 7.23. The van der Waals surface area contributed by atoms with E-state index in [-0.39, 0.29) is 54.6 Å². The Hall–Kier alpha value is -1.61. The Morgan fingerprint density at radius 1 is 1.03 bits per heavy atom. The molecule has 0 aliphatic carbocycles. The summed E-state index contributed by atoms with van der Waals surface area (Å²) in [7, 11) is 0. The van der Waals surface area contributed by atoms with Crippen LogP contribution in [-0.4, -0.2) is 18.9 Å². The number of nitrogens with one attached hydrogen (secondary N) is 2. The van der Waals surface area contributed by atoms with Gasteiger partial charge in [0.25, 0.3) is 5.92 Å². The highest BCUT2D eigenvalue weighted by Crippen LogP contribution is 2.34. The zero-order valence-electron chi connectivity index (χ0n) is 16.7. The molecule has 1 saturated heterocycles. The Balaban J connectivity index is 0.00000240. The summed E-state index contributed by atoms with van der Waals surface area (Å²) in [6, 6.07) is 12.6. The molecule has 1 heterocycles. The van der Waals surface area contributed by atoms with E-state index in [0.29, 0.717) is 6.92 Å². The molecule has 2 N–H and O–H groups in total. The molecule has 31 heavy (non-hydrogen) atoms. The van der Waals surface area contributed by atoms with Crippen LogP contribution in [0.5, 0.6) is 5.75 Å². The van der Waals surface area contributed by atoms with Crippen LogP contribution in [0.1, 0.15) is 42.5 Å². The van der Waals surface area contributed by atoms with Crippen molar-refractivity contribution in [3.63, 3.8) is 0 Å². The smallest absolute Gasteiger partial charge is 0.405 e. The third-order valence-corrected chi connectivity index (χ3v) is 4.96. The molecule has 0 spiro atoms. The van der Waals surface area contributed by atoms with E-state index in [4.69, 9.17) is 0 Å². The molecule has 3 nitrogen and oxygen atoms in total. The number of ether oxygens (including phenoxy) is 1. The third-order valence-electron chi connectivity index (χ3n) is 4.96. The van der Waals surface area contributed by atoms with Gasteiger partial charge in [-0.05, 0) is 43.1 Å². The van der Waals surface area contributed by atoms with Gasteiger partial charge in [0.15, 0.2) is 0 Å². The van der Waals surface area contributed by atoms with Crippen molar-refractivity contribution in [3.05, 3.63) is 65.2 Å². The molecule has 0 unspecified atom stereocenters. The molecule has 3 rings (SSSR count). The van der Waals surface area contributed by atoms with Gasteiger partial charge in [-0.25, -0.2) is 8.78 Å². The second kappa shape index (κ2) is 11.3. The molecule has 1 aliphatic rings. The van der Waals surface area contributed by atoms with Gasteiger partial charge in [-0.1, -0.05) is 30.3 Å². The summed E-state index contributed by atoms with van der Waals surface area (Å²) in [5.74, 6) is -3.64. The van der Waals surface area contributed by atoms with Crippen molar-refractivity contribution in [2.24, 2.45) is 0 Å². The highest BCUT2D eigenvalue weighted by atomic mass is 35.5. The molecule has 0 amide bonds. The first-order valence-electron chi connectivity index (χ1n) is 9.42. The van der Waals surface area contributed by atoms with Crippen molar-refractivity contribution < 1.29 is 26.7 Å². The molecule has 10 heteroatoms. The van der Waals surface area contributed by atoms with Crippen LogP contribution < -0.4 is 15.4 Å². The maximum Gasteiger partial charge on any atom is 0.573 e. The van der Waals surface area contributed by atoms with Gasteiger partial charge in [0, 0.05) is 36.7 Å². The molecule has 1 fully saturated rings. The lowest BCUT2D eigenvalue weighted by atomic mass is 9.92. The van der Waals surface area contributed by atoms with Gasteiger partial charge < -0.3 is 15.4 Å². The number of piperidine rings is 1. The average Bonchev–Trinajstić information content (AvgIpc) is 2.66. The Bertz CT molecular complexity index is 816. The number of hydrogen-bond acceptors (Lipinski definition) is 3. The summed E-state index contributed by atoms with van der Waals surface area (Å²) in [5, 5.41) is 6.65. The van der Waals surface area contributed by atoms with E-state index in [9.17, 15) is 22.0 Å². The highest BCUT2D eigenvalue weighted by molar-refractivity contribution is 5.85. The summed E-state index contributed by atoms with van der Waals surface area (Å²) in [6.45, 7) is 1.52. The zero-order chi connectivity index (χ0) is 21.1. The van der Waals surface area contributed by atoms with Crippen LogP contribution in [-0.2, 0) is 12.5 Å². The van der Waals surface area contributed by atoms with E-state index in [2.05, 4.69) is 15.4 Å². The van der Waals surface area contributed by atoms with E-state index in [0.717, 1.165) is 43.1 Å². The molecule has 1 aliphatic heterocycles. The van der Waals surface area contributed by atoms with Gasteiger partial charge >= 0.3 is 6.36 Å². The molecule has 2 atom stereocenters. The first-order chi connectivity index (χ1) is 13.6. The Kier molecular flexibility index (Phi) is 10.0. The number of alkyl halides is 5. The van der Waals surface area contributed by atoms with Gasteiger partial charge in [-0.3, -0.25) is 0 Å². The Morgan fingerprint density at radius 2 is 1.71 bits per heavy atom. The fourth-order valence-electron chi connectivity index (χ4n) is 3.57. The van der Waals surface area contributed by atoms with Gasteiger partial charge in [-0.15, -0.1) is 38.0 Å². The number of rotatable bonds is 6. The predicted octanol–water partition coefficient (Wildman–Crippen LogP) is 6.12. The molecular formula is C21H25Cl2F5N2O. The normalized spacial score (nSPS) is 19.2. The van der Waals surface area contributed by atoms with Crippen molar-refractivity contribution in [2.45, 2.75) is 50.7 Å². The molecule has 0 saturated carbocycles. The molecule has 2 aromatic rings. The molecule has 0 aromatic heterocycles. The van der Waals surface area contributed by atoms with Crippen molar-refractivity contribution in [1.82, 2.24) is 10.6 Å². The van der Waals surface area contributed by atoms with Crippen molar-refractivity contribution in [2.75, 3.05) is 6.54 Å². The number of halogens is 7. The first kappa shape index (κ1) is 27.4. The molecule has 2 aromatic carbocycles.